The molecule has 0 unspecified atom stereocenters. The smallest absolute Gasteiger partial charge is 0.335 e. The van der Waals surface area contributed by atoms with Gasteiger partial charge in [0.25, 0.3) is 0 Å². The normalized spacial score (nSPS) is 10.5. The van der Waals surface area contributed by atoms with Gasteiger partial charge in [-0.25, -0.2) is 9.18 Å². The van der Waals surface area contributed by atoms with Crippen molar-refractivity contribution in [1.29, 1.82) is 0 Å². The van der Waals surface area contributed by atoms with E-state index >= 15 is 0 Å². The number of carboxylic acid groups (broad SMARTS) is 1. The van der Waals surface area contributed by atoms with Crippen LogP contribution in [-0.4, -0.2) is 17.7 Å². The summed E-state index contributed by atoms with van der Waals surface area (Å²) in [6, 6.07) is 3.48. The van der Waals surface area contributed by atoms with Gasteiger partial charge < -0.3 is 9.84 Å². The van der Waals surface area contributed by atoms with Crippen LogP contribution in [0.5, 0.6) is 5.75 Å². The second kappa shape index (κ2) is 5.49. The fourth-order valence-electron chi connectivity index (χ4n) is 1.18. The average molecular weight is 226 g/mol. The third-order valence-electron chi connectivity index (χ3n) is 2.08. The highest BCUT2D eigenvalue weighted by Crippen LogP contribution is 2.17. The number of benzene rings is 1. The summed E-state index contributed by atoms with van der Waals surface area (Å²) in [5.74, 6) is -1.00. The molecule has 1 aromatic carbocycles. The molecule has 0 aliphatic carbocycles. The summed E-state index contributed by atoms with van der Waals surface area (Å²) in [5.41, 5.74) is -0.0976. The van der Waals surface area contributed by atoms with E-state index in [0.717, 1.165) is 12.5 Å². The molecule has 0 atom stereocenters. The van der Waals surface area contributed by atoms with E-state index in [-0.39, 0.29) is 11.3 Å². The number of rotatable bonds is 5. The van der Waals surface area contributed by atoms with E-state index < -0.39 is 11.8 Å². The summed E-state index contributed by atoms with van der Waals surface area (Å²) >= 11 is 0. The van der Waals surface area contributed by atoms with Crippen LogP contribution in [0.3, 0.4) is 0 Å². The van der Waals surface area contributed by atoms with Gasteiger partial charge in [-0.2, -0.15) is 0 Å². The lowest BCUT2D eigenvalue weighted by Crippen LogP contribution is -2.03. The summed E-state index contributed by atoms with van der Waals surface area (Å²) in [7, 11) is 0. The maximum Gasteiger partial charge on any atom is 0.335 e. The lowest BCUT2D eigenvalue weighted by molar-refractivity contribution is 0.0695. The zero-order valence-electron chi connectivity index (χ0n) is 9.37. The van der Waals surface area contributed by atoms with Crippen LogP contribution in [0.2, 0.25) is 0 Å². The predicted molar refractivity (Wildman–Crippen MR) is 58.3 cm³/mol. The van der Waals surface area contributed by atoms with E-state index in [0.29, 0.717) is 12.5 Å². The molecule has 0 fully saturated rings. The molecule has 0 aliphatic heterocycles. The monoisotopic (exact) mass is 226 g/mol. The topological polar surface area (TPSA) is 46.5 Å². The van der Waals surface area contributed by atoms with Crippen LogP contribution < -0.4 is 4.74 Å². The summed E-state index contributed by atoms with van der Waals surface area (Å²) in [5, 5.41) is 8.73. The van der Waals surface area contributed by atoms with Crippen molar-refractivity contribution in [2.24, 2.45) is 5.92 Å². The quantitative estimate of drug-likeness (QED) is 0.839. The molecule has 0 amide bonds. The summed E-state index contributed by atoms with van der Waals surface area (Å²) in [6.07, 6.45) is 0.846. The minimum atomic E-state index is -1.16. The largest absolute Gasteiger partial charge is 0.493 e. The van der Waals surface area contributed by atoms with Crippen LogP contribution in [-0.2, 0) is 0 Å². The van der Waals surface area contributed by atoms with Gasteiger partial charge in [0.1, 0.15) is 11.6 Å². The Bertz CT molecular complexity index is 375. The van der Waals surface area contributed by atoms with Crippen molar-refractivity contribution in [3.8, 4) is 5.75 Å². The average Bonchev–Trinajstić information content (AvgIpc) is 2.16. The van der Waals surface area contributed by atoms with Crippen molar-refractivity contribution in [3.05, 3.63) is 29.6 Å². The molecule has 0 heterocycles. The fourth-order valence-corrected chi connectivity index (χ4v) is 1.18. The van der Waals surface area contributed by atoms with E-state index in [1.807, 2.05) is 0 Å². The van der Waals surface area contributed by atoms with Gasteiger partial charge in [-0.3, -0.25) is 0 Å². The Morgan fingerprint density at radius 3 is 2.69 bits per heavy atom. The molecule has 0 spiro atoms. The summed E-state index contributed by atoms with van der Waals surface area (Å²) in [4.78, 5) is 10.7. The van der Waals surface area contributed by atoms with Gasteiger partial charge in [0.05, 0.1) is 12.2 Å². The molecule has 0 radical (unpaired) electrons. The standard InChI is InChI=1S/C12H15FO3/c1-8(2)3-4-16-11-6-9(12(14)15)5-10(13)7-11/h5-8H,3-4H2,1-2H3,(H,14,15). The molecular formula is C12H15FO3. The molecule has 88 valence electrons. The Hall–Kier alpha value is -1.58. The maximum absolute atomic E-state index is 13.0. The molecule has 4 heteroatoms. The molecule has 0 saturated carbocycles. The lowest BCUT2D eigenvalue weighted by Gasteiger charge is -2.08. The van der Waals surface area contributed by atoms with Crippen LogP contribution in [0.1, 0.15) is 30.6 Å². The second-order valence-corrected chi connectivity index (χ2v) is 4.01. The molecule has 1 N–H and O–H groups in total. The molecule has 16 heavy (non-hydrogen) atoms. The fraction of sp³-hybridized carbons (Fsp3) is 0.417. The van der Waals surface area contributed by atoms with Gasteiger partial charge in [0.15, 0.2) is 0 Å². The van der Waals surface area contributed by atoms with E-state index in [1.54, 1.807) is 0 Å². The van der Waals surface area contributed by atoms with Gasteiger partial charge in [0, 0.05) is 6.07 Å². The van der Waals surface area contributed by atoms with Crippen molar-refractivity contribution < 1.29 is 19.0 Å². The molecular weight excluding hydrogens is 211 g/mol. The number of hydrogen-bond donors (Lipinski definition) is 1. The number of hydrogen-bond acceptors (Lipinski definition) is 2. The second-order valence-electron chi connectivity index (χ2n) is 4.01. The van der Waals surface area contributed by atoms with Crippen LogP contribution in [0.15, 0.2) is 18.2 Å². The van der Waals surface area contributed by atoms with E-state index in [1.165, 1.54) is 12.1 Å². The zero-order chi connectivity index (χ0) is 12.1. The van der Waals surface area contributed by atoms with E-state index in [9.17, 15) is 9.18 Å². The van der Waals surface area contributed by atoms with Crippen molar-refractivity contribution in [2.45, 2.75) is 20.3 Å². The first-order valence-corrected chi connectivity index (χ1v) is 5.15. The third-order valence-corrected chi connectivity index (χ3v) is 2.08. The van der Waals surface area contributed by atoms with Crippen molar-refractivity contribution in [3.63, 3.8) is 0 Å². The Labute approximate surface area is 93.9 Å². The predicted octanol–water partition coefficient (Wildman–Crippen LogP) is 2.95. The molecule has 0 aliphatic rings. The SMILES string of the molecule is CC(C)CCOc1cc(F)cc(C(=O)O)c1. The van der Waals surface area contributed by atoms with Gasteiger partial charge in [-0.15, -0.1) is 0 Å². The van der Waals surface area contributed by atoms with Gasteiger partial charge in [0.2, 0.25) is 0 Å². The highest BCUT2D eigenvalue weighted by molar-refractivity contribution is 5.88. The highest BCUT2D eigenvalue weighted by atomic mass is 19.1. The molecule has 1 aromatic rings. The zero-order valence-corrected chi connectivity index (χ0v) is 9.37. The van der Waals surface area contributed by atoms with Crippen molar-refractivity contribution in [1.82, 2.24) is 0 Å². The molecule has 1 rings (SSSR count). The van der Waals surface area contributed by atoms with Gasteiger partial charge in [-0.1, -0.05) is 13.8 Å². The molecule has 0 aromatic heterocycles. The first-order valence-electron chi connectivity index (χ1n) is 5.15. The minimum absolute atomic E-state index is 0.0976. The molecule has 0 bridgehead atoms. The summed E-state index contributed by atoms with van der Waals surface area (Å²) in [6.45, 7) is 4.56. The number of halogens is 1. The highest BCUT2D eigenvalue weighted by Gasteiger charge is 2.07. The number of ether oxygens (including phenoxy) is 1. The van der Waals surface area contributed by atoms with E-state index in [2.05, 4.69) is 13.8 Å². The number of carboxylic acids is 1. The minimum Gasteiger partial charge on any atom is -0.493 e. The van der Waals surface area contributed by atoms with Crippen molar-refractivity contribution in [2.75, 3.05) is 6.61 Å². The summed E-state index contributed by atoms with van der Waals surface area (Å²) < 4.78 is 18.3. The Morgan fingerprint density at radius 2 is 2.12 bits per heavy atom. The first kappa shape index (κ1) is 12.5. The van der Waals surface area contributed by atoms with E-state index in [4.69, 9.17) is 9.84 Å². The number of carbonyl (C=O) groups is 1. The van der Waals surface area contributed by atoms with Crippen LogP contribution in [0, 0.1) is 11.7 Å². The van der Waals surface area contributed by atoms with Crippen molar-refractivity contribution >= 4 is 5.97 Å². The maximum atomic E-state index is 13.0. The van der Waals surface area contributed by atoms with Gasteiger partial charge >= 0.3 is 5.97 Å². The number of aromatic carboxylic acids is 1. The molecule has 3 nitrogen and oxygen atoms in total. The Kier molecular flexibility index (Phi) is 4.28. The molecule has 0 saturated heterocycles. The third kappa shape index (κ3) is 3.88. The van der Waals surface area contributed by atoms with Gasteiger partial charge in [-0.05, 0) is 24.5 Å². The van der Waals surface area contributed by atoms with Crippen LogP contribution in [0.25, 0.3) is 0 Å². The van der Waals surface area contributed by atoms with Crippen LogP contribution in [0.4, 0.5) is 4.39 Å². The Morgan fingerprint density at radius 1 is 1.44 bits per heavy atom. The first-order chi connectivity index (χ1) is 7.49. The lowest BCUT2D eigenvalue weighted by atomic mass is 10.1. The Balaban J connectivity index is 2.69. The van der Waals surface area contributed by atoms with Crippen LogP contribution >= 0.6 is 0 Å².